The van der Waals surface area contributed by atoms with Crippen molar-refractivity contribution in [1.82, 2.24) is 0 Å². The Morgan fingerprint density at radius 2 is 1.05 bits per heavy atom. The zero-order chi connectivity index (χ0) is 14.5. The van der Waals surface area contributed by atoms with E-state index in [1.807, 2.05) is 0 Å². The van der Waals surface area contributed by atoms with Crippen molar-refractivity contribution >= 4 is 33.5 Å². The fourth-order valence-electron chi connectivity index (χ4n) is 1.52. The van der Waals surface area contributed by atoms with Gasteiger partial charge in [0.15, 0.2) is 0 Å². The second-order valence-electron chi connectivity index (χ2n) is 3.77. The highest BCUT2D eigenvalue weighted by molar-refractivity contribution is 8.76. The average Bonchev–Trinajstić information content (AvgIpc) is 2.45. The monoisotopic (exact) mass is 322 g/mol. The third kappa shape index (κ3) is 4.27. The zero-order valence-corrected chi connectivity index (χ0v) is 11.8. The Balaban J connectivity index is 0.00000220. The van der Waals surface area contributed by atoms with E-state index >= 15 is 0 Å². The van der Waals surface area contributed by atoms with E-state index in [0.29, 0.717) is 9.79 Å². The Labute approximate surface area is 130 Å². The number of aromatic carboxylic acids is 2. The molecule has 0 fully saturated rings. The Morgan fingerprint density at radius 3 is 1.38 bits per heavy atom. The van der Waals surface area contributed by atoms with Crippen LogP contribution in [0.3, 0.4) is 0 Å². The van der Waals surface area contributed by atoms with Gasteiger partial charge in [0.1, 0.15) is 0 Å². The summed E-state index contributed by atoms with van der Waals surface area (Å²) < 4.78 is 0. The molecule has 0 bridgehead atoms. The minimum Gasteiger partial charge on any atom is -0.478 e. The second kappa shape index (κ2) is 7.75. The molecule has 4 nitrogen and oxygen atoms in total. The predicted molar refractivity (Wildman–Crippen MR) is 85.2 cm³/mol. The van der Waals surface area contributed by atoms with Gasteiger partial charge in [-0.15, -0.1) is 0 Å². The van der Waals surface area contributed by atoms with Crippen LogP contribution in [-0.2, 0) is 0 Å². The number of hydrogen-bond acceptors (Lipinski definition) is 4. The molecule has 0 saturated heterocycles. The summed E-state index contributed by atoms with van der Waals surface area (Å²) >= 11 is 0. The van der Waals surface area contributed by atoms with Crippen molar-refractivity contribution in [2.24, 2.45) is 0 Å². The van der Waals surface area contributed by atoms with Crippen LogP contribution in [0.5, 0.6) is 0 Å². The SMILES string of the molecule is C.O=C(O)c1ccccc1SSc1ccccc1C(=O)O. The van der Waals surface area contributed by atoms with Crippen molar-refractivity contribution in [1.29, 1.82) is 0 Å². The van der Waals surface area contributed by atoms with E-state index in [4.69, 9.17) is 10.2 Å². The largest absolute Gasteiger partial charge is 0.478 e. The summed E-state index contributed by atoms with van der Waals surface area (Å²) in [4.78, 5) is 23.4. The Morgan fingerprint density at radius 1 is 0.714 bits per heavy atom. The Bertz CT molecular complexity index is 598. The summed E-state index contributed by atoms with van der Waals surface area (Å²) in [7, 11) is 2.47. The summed E-state index contributed by atoms with van der Waals surface area (Å²) in [6.07, 6.45) is 0. The smallest absolute Gasteiger partial charge is 0.336 e. The molecule has 2 aromatic carbocycles. The summed E-state index contributed by atoms with van der Waals surface area (Å²) in [6.45, 7) is 0. The van der Waals surface area contributed by atoms with E-state index in [-0.39, 0.29) is 18.6 Å². The number of carboxylic acids is 2. The summed E-state index contributed by atoms with van der Waals surface area (Å²) in [5.41, 5.74) is 0.413. The molecule has 0 saturated carbocycles. The summed E-state index contributed by atoms with van der Waals surface area (Å²) in [6, 6.07) is 13.3. The number of benzene rings is 2. The first-order valence-corrected chi connectivity index (χ1v) is 7.73. The molecule has 0 aromatic heterocycles. The second-order valence-corrected chi connectivity index (χ2v) is 5.98. The molecule has 21 heavy (non-hydrogen) atoms. The van der Waals surface area contributed by atoms with Crippen molar-refractivity contribution < 1.29 is 19.8 Å². The lowest BCUT2D eigenvalue weighted by atomic mass is 10.2. The van der Waals surface area contributed by atoms with Crippen LogP contribution in [0.15, 0.2) is 58.3 Å². The maximum Gasteiger partial charge on any atom is 0.336 e. The molecule has 0 heterocycles. The van der Waals surface area contributed by atoms with Gasteiger partial charge in [-0.3, -0.25) is 0 Å². The molecule has 0 radical (unpaired) electrons. The number of carboxylic acid groups (broad SMARTS) is 2. The summed E-state index contributed by atoms with van der Waals surface area (Å²) in [5.74, 6) is -2.00. The molecule has 0 aliphatic rings. The number of rotatable bonds is 5. The minimum absolute atomic E-state index is 0. The summed E-state index contributed by atoms with van der Waals surface area (Å²) in [5, 5.41) is 18.2. The van der Waals surface area contributed by atoms with Gasteiger partial charge in [-0.2, -0.15) is 0 Å². The highest BCUT2D eigenvalue weighted by Crippen LogP contribution is 2.40. The fourth-order valence-corrected chi connectivity index (χ4v) is 3.87. The number of carbonyl (C=O) groups is 2. The maximum atomic E-state index is 11.1. The molecule has 110 valence electrons. The van der Waals surface area contributed by atoms with Crippen molar-refractivity contribution in [3.05, 3.63) is 59.7 Å². The van der Waals surface area contributed by atoms with E-state index in [1.54, 1.807) is 36.4 Å². The van der Waals surface area contributed by atoms with Crippen LogP contribution in [-0.4, -0.2) is 22.2 Å². The lowest BCUT2D eigenvalue weighted by molar-refractivity contribution is 0.0682. The molecule has 0 spiro atoms. The molecule has 6 heteroatoms. The van der Waals surface area contributed by atoms with E-state index in [9.17, 15) is 9.59 Å². The fraction of sp³-hybridized carbons (Fsp3) is 0.0667. The minimum atomic E-state index is -1.000. The van der Waals surface area contributed by atoms with E-state index in [1.165, 1.54) is 33.7 Å². The molecule has 2 aromatic rings. The predicted octanol–water partition coefficient (Wildman–Crippen LogP) is 4.52. The Kier molecular flexibility index (Phi) is 6.33. The average molecular weight is 322 g/mol. The van der Waals surface area contributed by atoms with E-state index < -0.39 is 11.9 Å². The van der Waals surface area contributed by atoms with E-state index in [2.05, 4.69) is 0 Å². The molecular formula is C15H14O4S2. The molecule has 0 aliphatic heterocycles. The normalized spacial score (nSPS) is 9.71. The first-order chi connectivity index (χ1) is 9.59. The van der Waals surface area contributed by atoms with Crippen molar-refractivity contribution in [3.8, 4) is 0 Å². The molecular weight excluding hydrogens is 308 g/mol. The van der Waals surface area contributed by atoms with Gasteiger partial charge in [-0.1, -0.05) is 53.3 Å². The molecule has 0 unspecified atom stereocenters. The molecule has 0 atom stereocenters. The van der Waals surface area contributed by atoms with Crippen molar-refractivity contribution in [2.75, 3.05) is 0 Å². The van der Waals surface area contributed by atoms with Crippen LogP contribution in [0.4, 0.5) is 0 Å². The highest BCUT2D eigenvalue weighted by Gasteiger charge is 2.13. The van der Waals surface area contributed by atoms with Crippen LogP contribution >= 0.6 is 21.6 Å². The molecule has 0 aliphatic carbocycles. The topological polar surface area (TPSA) is 74.6 Å². The quantitative estimate of drug-likeness (QED) is 0.788. The first-order valence-electron chi connectivity index (χ1n) is 5.59. The van der Waals surface area contributed by atoms with Gasteiger partial charge in [-0.05, 0) is 24.3 Å². The molecule has 2 N–H and O–H groups in total. The van der Waals surface area contributed by atoms with Crippen molar-refractivity contribution in [3.63, 3.8) is 0 Å². The van der Waals surface area contributed by atoms with Gasteiger partial charge < -0.3 is 10.2 Å². The van der Waals surface area contributed by atoms with Gasteiger partial charge in [0.05, 0.1) is 11.1 Å². The third-order valence-corrected chi connectivity index (χ3v) is 4.94. The van der Waals surface area contributed by atoms with Gasteiger partial charge >= 0.3 is 11.9 Å². The van der Waals surface area contributed by atoms with Crippen LogP contribution in [0.25, 0.3) is 0 Å². The van der Waals surface area contributed by atoms with Crippen LogP contribution in [0, 0.1) is 0 Å². The van der Waals surface area contributed by atoms with Crippen molar-refractivity contribution in [2.45, 2.75) is 17.2 Å². The zero-order valence-electron chi connectivity index (χ0n) is 10.1. The molecule has 0 amide bonds. The van der Waals surface area contributed by atoms with Gasteiger partial charge in [0, 0.05) is 9.79 Å². The molecule has 2 rings (SSSR count). The first kappa shape index (κ1) is 17.1. The van der Waals surface area contributed by atoms with E-state index in [0.717, 1.165) is 0 Å². The standard InChI is InChI=1S/C14H10O4S2.CH4/c15-13(16)9-5-1-3-7-11(9)19-20-12-8-4-2-6-10(12)14(17)18;/h1-8H,(H,15,16)(H,17,18);1H4. The Hall–Kier alpha value is -1.92. The highest BCUT2D eigenvalue weighted by atomic mass is 33.1. The number of hydrogen-bond donors (Lipinski definition) is 2. The maximum absolute atomic E-state index is 11.1. The van der Waals surface area contributed by atoms with Gasteiger partial charge in [0.2, 0.25) is 0 Å². The van der Waals surface area contributed by atoms with Gasteiger partial charge in [-0.25, -0.2) is 9.59 Å². The van der Waals surface area contributed by atoms with Crippen LogP contribution in [0.1, 0.15) is 28.1 Å². The lowest BCUT2D eigenvalue weighted by Crippen LogP contribution is -1.98. The van der Waals surface area contributed by atoms with Crippen LogP contribution in [0.2, 0.25) is 0 Å². The lowest BCUT2D eigenvalue weighted by Gasteiger charge is -2.06. The third-order valence-electron chi connectivity index (χ3n) is 2.46. The van der Waals surface area contributed by atoms with Crippen LogP contribution < -0.4 is 0 Å². The van der Waals surface area contributed by atoms with Gasteiger partial charge in [0.25, 0.3) is 0 Å².